The largest absolute Gasteiger partial charge is 0.465 e. The summed E-state index contributed by atoms with van der Waals surface area (Å²) in [5.74, 6) is -0.580. The Labute approximate surface area is 87.8 Å². The second-order valence-corrected chi connectivity index (χ2v) is 2.30. The maximum absolute atomic E-state index is 10.9. The third-order valence-corrected chi connectivity index (χ3v) is 1.48. The lowest BCUT2D eigenvalue weighted by Gasteiger charge is -1.97. The van der Waals surface area contributed by atoms with Gasteiger partial charge in [-0.05, 0) is 6.07 Å². The minimum atomic E-state index is -0.580. The zero-order chi connectivity index (χ0) is 11.8. The number of nitrogens with zero attached hydrogens (tertiary/aromatic N) is 1. The van der Waals surface area contributed by atoms with Crippen molar-refractivity contribution in [3.63, 3.8) is 0 Å². The van der Waals surface area contributed by atoms with Crippen molar-refractivity contribution in [2.45, 2.75) is 13.8 Å². The first-order valence-electron chi connectivity index (χ1n) is 4.48. The predicted molar refractivity (Wildman–Crippen MR) is 55.8 cm³/mol. The minimum Gasteiger partial charge on any atom is -0.465 e. The molecule has 0 aliphatic heterocycles. The van der Waals surface area contributed by atoms with Gasteiger partial charge in [0.05, 0.1) is 17.6 Å². The average Bonchev–Trinajstić information content (AvgIpc) is 2.30. The molecule has 82 valence electrons. The summed E-state index contributed by atoms with van der Waals surface area (Å²) >= 11 is 0. The molecule has 0 aliphatic rings. The number of benzene rings is 1. The Morgan fingerprint density at radius 2 is 2.00 bits per heavy atom. The molecule has 0 heterocycles. The Balaban J connectivity index is 0.000000921. The highest BCUT2D eigenvalue weighted by atomic mass is 16.6. The maximum atomic E-state index is 10.9. The third kappa shape index (κ3) is 3.76. The summed E-state index contributed by atoms with van der Waals surface area (Å²) in [7, 11) is 1.22. The van der Waals surface area contributed by atoms with Crippen LogP contribution < -0.4 is 0 Å². The lowest BCUT2D eigenvalue weighted by molar-refractivity contribution is -0.384. The standard InChI is InChI=1S/C8H7NO4.C2H6/c1-13-8(10)6-3-2-4-7(5-6)9(11)12;1-2/h2-5H,1H3;1-2H3. The zero-order valence-electron chi connectivity index (χ0n) is 8.89. The molecule has 1 aromatic carbocycles. The number of rotatable bonds is 2. The van der Waals surface area contributed by atoms with E-state index in [0.717, 1.165) is 0 Å². The van der Waals surface area contributed by atoms with Gasteiger partial charge in [-0.25, -0.2) is 4.79 Å². The van der Waals surface area contributed by atoms with E-state index in [-0.39, 0.29) is 11.3 Å². The number of nitro groups is 1. The smallest absolute Gasteiger partial charge is 0.338 e. The van der Waals surface area contributed by atoms with Gasteiger partial charge in [-0.3, -0.25) is 10.1 Å². The minimum absolute atomic E-state index is 0.122. The van der Waals surface area contributed by atoms with Gasteiger partial charge in [0.1, 0.15) is 0 Å². The van der Waals surface area contributed by atoms with Gasteiger partial charge in [0, 0.05) is 12.1 Å². The van der Waals surface area contributed by atoms with Crippen LogP contribution in [-0.2, 0) is 4.74 Å². The number of non-ortho nitro benzene ring substituents is 1. The summed E-state index contributed by atoms with van der Waals surface area (Å²) in [6.45, 7) is 4.00. The average molecular weight is 211 g/mol. The van der Waals surface area contributed by atoms with Gasteiger partial charge < -0.3 is 4.74 Å². The molecular weight excluding hydrogens is 198 g/mol. The summed E-state index contributed by atoms with van der Waals surface area (Å²) in [6, 6.07) is 5.38. The number of ether oxygens (including phenoxy) is 1. The predicted octanol–water partition coefficient (Wildman–Crippen LogP) is 2.41. The lowest BCUT2D eigenvalue weighted by atomic mass is 10.2. The van der Waals surface area contributed by atoms with Crippen LogP contribution in [0.5, 0.6) is 0 Å². The van der Waals surface area contributed by atoms with E-state index >= 15 is 0 Å². The SMILES string of the molecule is CC.COC(=O)c1cccc([N+](=O)[O-])c1. The molecule has 0 bridgehead atoms. The van der Waals surface area contributed by atoms with Crippen LogP contribution in [0.1, 0.15) is 24.2 Å². The molecule has 0 spiro atoms. The number of methoxy groups -OCH3 is 1. The number of esters is 1. The lowest BCUT2D eigenvalue weighted by Crippen LogP contribution is -2.01. The van der Waals surface area contributed by atoms with E-state index in [1.54, 1.807) is 0 Å². The summed E-state index contributed by atoms with van der Waals surface area (Å²) in [5, 5.41) is 10.3. The molecule has 0 amide bonds. The summed E-state index contributed by atoms with van der Waals surface area (Å²) in [5.41, 5.74) is 0.0552. The van der Waals surface area contributed by atoms with Crippen molar-refractivity contribution in [1.82, 2.24) is 0 Å². The van der Waals surface area contributed by atoms with Crippen LogP contribution in [0.25, 0.3) is 0 Å². The molecule has 0 aliphatic carbocycles. The van der Waals surface area contributed by atoms with Gasteiger partial charge in [0.2, 0.25) is 0 Å². The second kappa shape index (κ2) is 6.53. The van der Waals surface area contributed by atoms with Crippen LogP contribution in [0, 0.1) is 10.1 Å². The molecule has 0 N–H and O–H groups in total. The van der Waals surface area contributed by atoms with Crippen molar-refractivity contribution >= 4 is 11.7 Å². The first-order valence-corrected chi connectivity index (χ1v) is 4.48. The Bertz CT molecular complexity index is 349. The Morgan fingerprint density at radius 1 is 1.40 bits per heavy atom. The van der Waals surface area contributed by atoms with Crippen molar-refractivity contribution < 1.29 is 14.5 Å². The van der Waals surface area contributed by atoms with Crippen LogP contribution in [0.3, 0.4) is 0 Å². The molecule has 5 heteroatoms. The highest BCUT2D eigenvalue weighted by Gasteiger charge is 2.10. The fourth-order valence-electron chi connectivity index (χ4n) is 0.864. The second-order valence-electron chi connectivity index (χ2n) is 2.30. The highest BCUT2D eigenvalue weighted by Crippen LogP contribution is 2.13. The number of carbonyl (C=O) groups is 1. The van der Waals surface area contributed by atoms with E-state index in [2.05, 4.69) is 4.74 Å². The molecule has 1 aromatic rings. The molecule has 0 radical (unpaired) electrons. The third-order valence-electron chi connectivity index (χ3n) is 1.48. The number of hydrogen-bond acceptors (Lipinski definition) is 4. The van der Waals surface area contributed by atoms with E-state index in [9.17, 15) is 14.9 Å². The molecule has 0 fully saturated rings. The summed E-state index contributed by atoms with van der Waals surface area (Å²) in [4.78, 5) is 20.7. The number of hydrogen-bond donors (Lipinski definition) is 0. The van der Waals surface area contributed by atoms with E-state index in [1.165, 1.54) is 31.4 Å². The van der Waals surface area contributed by atoms with Crippen LogP contribution in [-0.4, -0.2) is 18.0 Å². The molecule has 15 heavy (non-hydrogen) atoms. The van der Waals surface area contributed by atoms with Gasteiger partial charge >= 0.3 is 5.97 Å². The van der Waals surface area contributed by atoms with Crippen LogP contribution in [0.4, 0.5) is 5.69 Å². The number of carbonyl (C=O) groups excluding carboxylic acids is 1. The Kier molecular flexibility index (Phi) is 5.70. The fraction of sp³-hybridized carbons (Fsp3) is 0.300. The van der Waals surface area contributed by atoms with Gasteiger partial charge in [0.15, 0.2) is 0 Å². The molecule has 0 aromatic heterocycles. The highest BCUT2D eigenvalue weighted by molar-refractivity contribution is 5.89. The first-order chi connectivity index (χ1) is 7.15. The molecule has 0 unspecified atom stereocenters. The van der Waals surface area contributed by atoms with E-state index in [4.69, 9.17) is 0 Å². The summed E-state index contributed by atoms with van der Waals surface area (Å²) in [6.07, 6.45) is 0. The van der Waals surface area contributed by atoms with E-state index < -0.39 is 10.9 Å². The van der Waals surface area contributed by atoms with Crippen LogP contribution >= 0.6 is 0 Å². The quantitative estimate of drug-likeness (QED) is 0.428. The number of nitro benzene ring substituents is 1. The van der Waals surface area contributed by atoms with Crippen LogP contribution in [0.2, 0.25) is 0 Å². The fourth-order valence-corrected chi connectivity index (χ4v) is 0.864. The molecule has 1 rings (SSSR count). The Morgan fingerprint density at radius 3 is 2.47 bits per heavy atom. The zero-order valence-corrected chi connectivity index (χ0v) is 8.89. The molecule has 0 saturated carbocycles. The van der Waals surface area contributed by atoms with Gasteiger partial charge in [-0.2, -0.15) is 0 Å². The summed E-state index contributed by atoms with van der Waals surface area (Å²) < 4.78 is 4.41. The topological polar surface area (TPSA) is 69.4 Å². The monoisotopic (exact) mass is 211 g/mol. The van der Waals surface area contributed by atoms with Gasteiger partial charge in [0.25, 0.3) is 5.69 Å². The van der Waals surface area contributed by atoms with E-state index in [0.29, 0.717) is 0 Å². The van der Waals surface area contributed by atoms with E-state index in [1.807, 2.05) is 13.8 Å². The molecule has 5 nitrogen and oxygen atoms in total. The molecular formula is C10H13NO4. The first kappa shape index (κ1) is 13.1. The maximum Gasteiger partial charge on any atom is 0.338 e. The molecule has 0 atom stereocenters. The van der Waals surface area contributed by atoms with Gasteiger partial charge in [-0.15, -0.1) is 0 Å². The van der Waals surface area contributed by atoms with Crippen molar-refractivity contribution in [2.75, 3.05) is 7.11 Å². The van der Waals surface area contributed by atoms with Crippen molar-refractivity contribution in [3.8, 4) is 0 Å². The Hall–Kier alpha value is -1.91. The normalized spacial score (nSPS) is 8.47. The van der Waals surface area contributed by atoms with Crippen LogP contribution in [0.15, 0.2) is 24.3 Å². The van der Waals surface area contributed by atoms with Crippen molar-refractivity contribution in [3.05, 3.63) is 39.9 Å². The van der Waals surface area contributed by atoms with Gasteiger partial charge in [-0.1, -0.05) is 19.9 Å². The molecule has 0 saturated heterocycles. The van der Waals surface area contributed by atoms with Crippen molar-refractivity contribution in [1.29, 1.82) is 0 Å². The van der Waals surface area contributed by atoms with Crippen molar-refractivity contribution in [2.24, 2.45) is 0 Å².